The minimum absolute atomic E-state index is 0.0995. The molecule has 17 heavy (non-hydrogen) atoms. The smallest absolute Gasteiger partial charge is 0.257 e. The van der Waals surface area contributed by atoms with E-state index < -0.39 is 0 Å². The molecule has 0 unspecified atom stereocenters. The van der Waals surface area contributed by atoms with E-state index in [1.807, 2.05) is 11.8 Å². The molecule has 1 fully saturated rings. The quantitative estimate of drug-likeness (QED) is 0.819. The van der Waals surface area contributed by atoms with E-state index in [4.69, 9.17) is 5.73 Å². The first-order valence-corrected chi connectivity index (χ1v) is 6.21. The number of aromatic amines is 1. The zero-order valence-corrected chi connectivity index (χ0v) is 10.3. The van der Waals surface area contributed by atoms with Gasteiger partial charge in [-0.1, -0.05) is 0 Å². The van der Waals surface area contributed by atoms with Gasteiger partial charge >= 0.3 is 0 Å². The Hall–Kier alpha value is -1.36. The summed E-state index contributed by atoms with van der Waals surface area (Å²) < 4.78 is 0. The number of carbonyl (C=O) groups excluding carboxylic acids is 1. The monoisotopic (exact) mass is 236 g/mol. The molecule has 1 aliphatic rings. The minimum atomic E-state index is 0.0995. The number of nitrogens with one attached hydrogen (secondary N) is 1. The fraction of sp³-hybridized carbons (Fsp3) is 0.667. The molecule has 5 heteroatoms. The Bertz CT molecular complexity index is 380. The molecule has 1 aromatic heterocycles. The first kappa shape index (κ1) is 12.1. The number of aromatic nitrogens is 2. The van der Waals surface area contributed by atoms with Crippen LogP contribution in [0.4, 0.5) is 0 Å². The molecule has 0 atom stereocenters. The van der Waals surface area contributed by atoms with Crippen molar-refractivity contribution in [3.8, 4) is 0 Å². The number of nitrogens with two attached hydrogens (primary N) is 1. The zero-order valence-electron chi connectivity index (χ0n) is 10.3. The summed E-state index contributed by atoms with van der Waals surface area (Å²) in [7, 11) is 0. The van der Waals surface area contributed by atoms with Crippen LogP contribution in [0.5, 0.6) is 0 Å². The number of H-pyrrole nitrogens is 1. The van der Waals surface area contributed by atoms with Crippen molar-refractivity contribution in [2.75, 3.05) is 19.6 Å². The normalized spacial score (nSPS) is 17.4. The summed E-state index contributed by atoms with van der Waals surface area (Å²) in [6, 6.07) is 0. The maximum atomic E-state index is 12.2. The number of rotatable bonds is 3. The molecule has 0 saturated carbocycles. The molecule has 1 aromatic rings. The number of piperidine rings is 1. The predicted octanol–water partition coefficient (Wildman–Crippen LogP) is 0.919. The lowest BCUT2D eigenvalue weighted by molar-refractivity contribution is 0.0687. The first-order chi connectivity index (χ1) is 8.22. The molecule has 94 valence electrons. The summed E-state index contributed by atoms with van der Waals surface area (Å²) in [4.78, 5) is 14.1. The Morgan fingerprint density at radius 1 is 1.59 bits per heavy atom. The molecule has 2 rings (SSSR count). The Kier molecular flexibility index (Phi) is 3.78. The lowest BCUT2D eigenvalue weighted by atomic mass is 9.93. The van der Waals surface area contributed by atoms with Gasteiger partial charge in [0.25, 0.3) is 5.91 Å². The molecule has 0 bridgehead atoms. The van der Waals surface area contributed by atoms with Gasteiger partial charge in [0.2, 0.25) is 0 Å². The second-order valence-electron chi connectivity index (χ2n) is 4.72. The van der Waals surface area contributed by atoms with E-state index in [0.717, 1.165) is 44.6 Å². The summed E-state index contributed by atoms with van der Waals surface area (Å²) in [5.41, 5.74) is 7.10. The van der Waals surface area contributed by atoms with Gasteiger partial charge in [-0.05, 0) is 38.6 Å². The van der Waals surface area contributed by atoms with Gasteiger partial charge in [-0.15, -0.1) is 0 Å². The zero-order chi connectivity index (χ0) is 12.3. The van der Waals surface area contributed by atoms with E-state index in [-0.39, 0.29) is 5.91 Å². The molecule has 1 aliphatic heterocycles. The van der Waals surface area contributed by atoms with E-state index in [1.165, 1.54) is 0 Å². The van der Waals surface area contributed by atoms with Crippen molar-refractivity contribution >= 4 is 5.91 Å². The Labute approximate surface area is 101 Å². The first-order valence-electron chi connectivity index (χ1n) is 6.21. The van der Waals surface area contributed by atoms with Crippen LogP contribution in [0.2, 0.25) is 0 Å². The largest absolute Gasteiger partial charge is 0.339 e. The molecule has 0 aliphatic carbocycles. The van der Waals surface area contributed by atoms with Crippen LogP contribution in [0, 0.1) is 12.8 Å². The molecule has 0 spiro atoms. The number of carbonyl (C=O) groups is 1. The summed E-state index contributed by atoms with van der Waals surface area (Å²) >= 11 is 0. The van der Waals surface area contributed by atoms with Crippen LogP contribution in [0.15, 0.2) is 6.20 Å². The van der Waals surface area contributed by atoms with E-state index >= 15 is 0 Å². The molecule has 1 saturated heterocycles. The van der Waals surface area contributed by atoms with Crippen molar-refractivity contribution in [3.05, 3.63) is 17.5 Å². The second-order valence-corrected chi connectivity index (χ2v) is 4.72. The molecular formula is C12H20N4O. The SMILES string of the molecule is Cc1[nH]ncc1C(=O)N1CCC(CCN)CC1. The lowest BCUT2D eigenvalue weighted by Gasteiger charge is -2.31. The number of likely N-dealkylation sites (tertiary alicyclic amines) is 1. The van der Waals surface area contributed by atoms with Gasteiger partial charge < -0.3 is 10.6 Å². The van der Waals surface area contributed by atoms with Crippen molar-refractivity contribution in [2.24, 2.45) is 11.7 Å². The average Bonchev–Trinajstić information content (AvgIpc) is 2.76. The van der Waals surface area contributed by atoms with E-state index in [9.17, 15) is 4.79 Å². The Balaban J connectivity index is 1.93. The second kappa shape index (κ2) is 5.31. The third kappa shape index (κ3) is 2.66. The van der Waals surface area contributed by atoms with Crippen LogP contribution in [0.1, 0.15) is 35.3 Å². The topological polar surface area (TPSA) is 75.0 Å². The van der Waals surface area contributed by atoms with Gasteiger partial charge in [-0.25, -0.2) is 0 Å². The van der Waals surface area contributed by atoms with Gasteiger partial charge in [-0.2, -0.15) is 5.10 Å². The highest BCUT2D eigenvalue weighted by Gasteiger charge is 2.24. The summed E-state index contributed by atoms with van der Waals surface area (Å²) in [6.45, 7) is 4.31. The molecule has 0 aromatic carbocycles. The number of amides is 1. The van der Waals surface area contributed by atoms with Gasteiger partial charge in [0, 0.05) is 18.8 Å². The van der Waals surface area contributed by atoms with Gasteiger partial charge in [0.05, 0.1) is 11.8 Å². The van der Waals surface area contributed by atoms with Crippen LogP contribution in [-0.2, 0) is 0 Å². The summed E-state index contributed by atoms with van der Waals surface area (Å²) in [5.74, 6) is 0.789. The molecule has 1 amide bonds. The van der Waals surface area contributed by atoms with E-state index in [1.54, 1.807) is 6.20 Å². The molecule has 0 radical (unpaired) electrons. The van der Waals surface area contributed by atoms with Crippen molar-refractivity contribution < 1.29 is 4.79 Å². The van der Waals surface area contributed by atoms with Crippen molar-refractivity contribution in [1.29, 1.82) is 0 Å². The standard InChI is InChI=1S/C12H20N4O/c1-9-11(8-14-15-9)12(17)16-6-3-10(2-5-13)4-7-16/h8,10H,2-7,13H2,1H3,(H,14,15). The fourth-order valence-electron chi connectivity index (χ4n) is 2.40. The number of aryl methyl sites for hydroxylation is 1. The van der Waals surface area contributed by atoms with Crippen molar-refractivity contribution in [2.45, 2.75) is 26.2 Å². The third-order valence-corrected chi connectivity index (χ3v) is 3.54. The maximum absolute atomic E-state index is 12.2. The highest BCUT2D eigenvalue weighted by molar-refractivity contribution is 5.95. The Morgan fingerprint density at radius 2 is 2.29 bits per heavy atom. The maximum Gasteiger partial charge on any atom is 0.257 e. The molecule has 3 N–H and O–H groups in total. The van der Waals surface area contributed by atoms with Crippen LogP contribution in [0.3, 0.4) is 0 Å². The summed E-state index contributed by atoms with van der Waals surface area (Å²) in [6.07, 6.45) is 4.83. The molecular weight excluding hydrogens is 216 g/mol. The van der Waals surface area contributed by atoms with Crippen LogP contribution in [-0.4, -0.2) is 40.6 Å². The van der Waals surface area contributed by atoms with Crippen molar-refractivity contribution in [1.82, 2.24) is 15.1 Å². The average molecular weight is 236 g/mol. The molecule has 2 heterocycles. The van der Waals surface area contributed by atoms with E-state index in [2.05, 4.69) is 10.2 Å². The third-order valence-electron chi connectivity index (χ3n) is 3.54. The van der Waals surface area contributed by atoms with Crippen LogP contribution < -0.4 is 5.73 Å². The lowest BCUT2D eigenvalue weighted by Crippen LogP contribution is -2.39. The number of nitrogens with zero attached hydrogens (tertiary/aromatic N) is 2. The van der Waals surface area contributed by atoms with Gasteiger partial charge in [0.15, 0.2) is 0 Å². The number of hydrogen-bond acceptors (Lipinski definition) is 3. The summed E-state index contributed by atoms with van der Waals surface area (Å²) in [5, 5.41) is 6.70. The fourth-order valence-corrected chi connectivity index (χ4v) is 2.40. The Morgan fingerprint density at radius 3 is 2.82 bits per heavy atom. The van der Waals surface area contributed by atoms with Crippen LogP contribution in [0.25, 0.3) is 0 Å². The predicted molar refractivity (Wildman–Crippen MR) is 65.6 cm³/mol. The number of hydrogen-bond donors (Lipinski definition) is 2. The minimum Gasteiger partial charge on any atom is -0.339 e. The van der Waals surface area contributed by atoms with Crippen molar-refractivity contribution in [3.63, 3.8) is 0 Å². The molecule has 5 nitrogen and oxygen atoms in total. The highest BCUT2D eigenvalue weighted by Crippen LogP contribution is 2.21. The van der Waals surface area contributed by atoms with Crippen LogP contribution >= 0.6 is 0 Å². The highest BCUT2D eigenvalue weighted by atomic mass is 16.2. The van der Waals surface area contributed by atoms with E-state index in [0.29, 0.717) is 11.5 Å². The van der Waals surface area contributed by atoms with Gasteiger partial charge in [0.1, 0.15) is 0 Å². The van der Waals surface area contributed by atoms with Gasteiger partial charge in [-0.3, -0.25) is 9.89 Å².